The molecule has 2 unspecified atom stereocenters. The van der Waals surface area contributed by atoms with E-state index in [1.54, 1.807) is 0 Å². The Labute approximate surface area is 111 Å². The van der Waals surface area contributed by atoms with Crippen LogP contribution in [0, 0.1) is 5.92 Å². The zero-order chi connectivity index (χ0) is 13.1. The molecule has 2 rings (SSSR count). The number of nitrogens with one attached hydrogen (secondary N) is 1. The minimum absolute atomic E-state index is 0.0811. The Hall–Kier alpha value is -0.610. The van der Waals surface area contributed by atoms with Gasteiger partial charge in [0.15, 0.2) is 0 Å². The lowest BCUT2D eigenvalue weighted by atomic mass is 10.1. The first-order valence-electron chi connectivity index (χ1n) is 7.38. The van der Waals surface area contributed by atoms with Gasteiger partial charge in [0.25, 0.3) is 0 Å². The topological polar surface area (TPSA) is 35.6 Å². The second-order valence-electron chi connectivity index (χ2n) is 5.93. The van der Waals surface area contributed by atoms with E-state index in [1.807, 2.05) is 0 Å². The van der Waals surface area contributed by atoms with Crippen LogP contribution in [-0.4, -0.2) is 60.5 Å². The largest absolute Gasteiger partial charge is 0.341 e. The van der Waals surface area contributed by atoms with Crippen molar-refractivity contribution in [1.29, 1.82) is 0 Å². The standard InChI is InChI=1S/C14H27N3O/c1-4-15-13-6-8-17(14(13)18)10-12-5-7-16(9-12)11(2)3/h11-13,15H,4-10H2,1-3H3. The lowest BCUT2D eigenvalue weighted by molar-refractivity contribution is -0.129. The van der Waals surface area contributed by atoms with E-state index in [4.69, 9.17) is 0 Å². The number of carbonyl (C=O) groups excluding carboxylic acids is 1. The van der Waals surface area contributed by atoms with Crippen molar-refractivity contribution in [2.75, 3.05) is 32.7 Å². The van der Waals surface area contributed by atoms with Crippen LogP contribution in [0.2, 0.25) is 0 Å². The molecule has 2 saturated heterocycles. The summed E-state index contributed by atoms with van der Waals surface area (Å²) < 4.78 is 0. The van der Waals surface area contributed by atoms with E-state index < -0.39 is 0 Å². The zero-order valence-electron chi connectivity index (χ0n) is 12.0. The lowest BCUT2D eigenvalue weighted by Gasteiger charge is -2.23. The molecule has 1 N–H and O–H groups in total. The molecular weight excluding hydrogens is 226 g/mol. The molecule has 18 heavy (non-hydrogen) atoms. The van der Waals surface area contributed by atoms with Gasteiger partial charge in [0.1, 0.15) is 0 Å². The van der Waals surface area contributed by atoms with Crippen molar-refractivity contribution in [3.63, 3.8) is 0 Å². The fourth-order valence-corrected chi connectivity index (χ4v) is 3.15. The van der Waals surface area contributed by atoms with Crippen LogP contribution in [0.3, 0.4) is 0 Å². The average Bonchev–Trinajstić information content (AvgIpc) is 2.91. The van der Waals surface area contributed by atoms with Crippen molar-refractivity contribution in [3.05, 3.63) is 0 Å². The highest BCUT2D eigenvalue weighted by Crippen LogP contribution is 2.22. The van der Waals surface area contributed by atoms with E-state index in [0.29, 0.717) is 17.9 Å². The highest BCUT2D eigenvalue weighted by atomic mass is 16.2. The summed E-state index contributed by atoms with van der Waals surface area (Å²) in [5.74, 6) is 0.997. The number of nitrogens with zero attached hydrogens (tertiary/aromatic N) is 2. The molecule has 2 aliphatic heterocycles. The SMILES string of the molecule is CCNC1CCN(CC2CCN(C(C)C)C2)C1=O. The summed E-state index contributed by atoms with van der Waals surface area (Å²) in [6, 6.07) is 0.719. The van der Waals surface area contributed by atoms with Gasteiger partial charge in [-0.1, -0.05) is 6.92 Å². The van der Waals surface area contributed by atoms with Crippen LogP contribution in [0.4, 0.5) is 0 Å². The van der Waals surface area contributed by atoms with Gasteiger partial charge in [-0.3, -0.25) is 4.79 Å². The molecule has 0 spiro atoms. The maximum absolute atomic E-state index is 12.1. The van der Waals surface area contributed by atoms with Gasteiger partial charge in [0.05, 0.1) is 6.04 Å². The van der Waals surface area contributed by atoms with Gasteiger partial charge in [-0.2, -0.15) is 0 Å². The first-order chi connectivity index (χ1) is 8.61. The third-order valence-electron chi connectivity index (χ3n) is 4.27. The quantitative estimate of drug-likeness (QED) is 0.791. The highest BCUT2D eigenvalue weighted by Gasteiger charge is 2.34. The fourth-order valence-electron chi connectivity index (χ4n) is 3.15. The van der Waals surface area contributed by atoms with E-state index in [2.05, 4.69) is 35.9 Å². The number of hydrogen-bond acceptors (Lipinski definition) is 3. The van der Waals surface area contributed by atoms with Crippen LogP contribution in [-0.2, 0) is 4.79 Å². The molecule has 2 aliphatic rings. The minimum atomic E-state index is 0.0811. The molecule has 0 bridgehead atoms. The number of rotatable bonds is 5. The Kier molecular flexibility index (Phi) is 4.62. The molecule has 0 aromatic carbocycles. The Balaban J connectivity index is 1.79. The van der Waals surface area contributed by atoms with Gasteiger partial charge < -0.3 is 15.1 Å². The summed E-state index contributed by atoms with van der Waals surface area (Å²) in [4.78, 5) is 16.7. The average molecular weight is 253 g/mol. The molecule has 0 aliphatic carbocycles. The molecule has 2 fully saturated rings. The van der Waals surface area contributed by atoms with Crippen LogP contribution in [0.15, 0.2) is 0 Å². The second-order valence-corrected chi connectivity index (χ2v) is 5.93. The van der Waals surface area contributed by atoms with Crippen LogP contribution in [0.5, 0.6) is 0 Å². The molecule has 4 heteroatoms. The van der Waals surface area contributed by atoms with Crippen LogP contribution < -0.4 is 5.32 Å². The Morgan fingerprint density at radius 3 is 2.72 bits per heavy atom. The van der Waals surface area contributed by atoms with Crippen molar-refractivity contribution < 1.29 is 4.79 Å². The minimum Gasteiger partial charge on any atom is -0.341 e. The van der Waals surface area contributed by atoms with Crippen molar-refractivity contribution >= 4 is 5.91 Å². The molecular formula is C14H27N3O. The van der Waals surface area contributed by atoms with Gasteiger partial charge in [-0.15, -0.1) is 0 Å². The van der Waals surface area contributed by atoms with E-state index in [0.717, 1.165) is 32.6 Å². The summed E-state index contributed by atoms with van der Waals surface area (Å²) >= 11 is 0. The number of likely N-dealkylation sites (tertiary alicyclic amines) is 2. The Bertz CT molecular complexity index is 293. The third kappa shape index (κ3) is 3.04. The maximum atomic E-state index is 12.1. The van der Waals surface area contributed by atoms with E-state index in [9.17, 15) is 4.79 Å². The molecule has 0 saturated carbocycles. The second kappa shape index (κ2) is 6.02. The van der Waals surface area contributed by atoms with E-state index in [1.165, 1.54) is 13.0 Å². The van der Waals surface area contributed by atoms with Gasteiger partial charge in [0, 0.05) is 25.7 Å². The summed E-state index contributed by atoms with van der Waals surface area (Å²) in [6.07, 6.45) is 2.22. The van der Waals surface area contributed by atoms with Crippen LogP contribution in [0.1, 0.15) is 33.6 Å². The van der Waals surface area contributed by atoms with Crippen molar-refractivity contribution in [1.82, 2.24) is 15.1 Å². The van der Waals surface area contributed by atoms with E-state index in [-0.39, 0.29) is 6.04 Å². The van der Waals surface area contributed by atoms with Gasteiger partial charge in [-0.05, 0) is 45.7 Å². The predicted octanol–water partition coefficient (Wildman–Crippen LogP) is 0.927. The normalized spacial score (nSPS) is 29.8. The molecule has 2 atom stereocenters. The zero-order valence-corrected chi connectivity index (χ0v) is 12.0. The first kappa shape index (κ1) is 13.8. The summed E-state index contributed by atoms with van der Waals surface area (Å²) in [5.41, 5.74) is 0. The highest BCUT2D eigenvalue weighted by molar-refractivity contribution is 5.83. The lowest BCUT2D eigenvalue weighted by Crippen LogP contribution is -2.40. The fraction of sp³-hybridized carbons (Fsp3) is 0.929. The Morgan fingerprint density at radius 2 is 2.11 bits per heavy atom. The first-order valence-corrected chi connectivity index (χ1v) is 7.38. The summed E-state index contributed by atoms with van der Waals surface area (Å²) in [7, 11) is 0. The van der Waals surface area contributed by atoms with E-state index >= 15 is 0 Å². The van der Waals surface area contributed by atoms with Crippen molar-refractivity contribution in [3.8, 4) is 0 Å². The summed E-state index contributed by atoms with van der Waals surface area (Å²) in [6.45, 7) is 11.7. The molecule has 0 aromatic rings. The van der Waals surface area contributed by atoms with Gasteiger partial charge in [-0.25, -0.2) is 0 Å². The summed E-state index contributed by atoms with van der Waals surface area (Å²) in [5, 5.41) is 3.27. The number of carbonyl (C=O) groups is 1. The molecule has 0 aromatic heterocycles. The van der Waals surface area contributed by atoms with Crippen molar-refractivity contribution in [2.24, 2.45) is 5.92 Å². The van der Waals surface area contributed by atoms with Gasteiger partial charge in [0.2, 0.25) is 5.91 Å². The molecule has 2 heterocycles. The molecule has 1 amide bonds. The molecule has 104 valence electrons. The van der Waals surface area contributed by atoms with Gasteiger partial charge >= 0.3 is 0 Å². The predicted molar refractivity (Wildman–Crippen MR) is 73.5 cm³/mol. The molecule has 4 nitrogen and oxygen atoms in total. The monoisotopic (exact) mass is 253 g/mol. The van der Waals surface area contributed by atoms with Crippen molar-refractivity contribution in [2.45, 2.75) is 45.7 Å². The smallest absolute Gasteiger partial charge is 0.239 e. The number of hydrogen-bond donors (Lipinski definition) is 1. The Morgan fingerprint density at radius 1 is 1.33 bits per heavy atom. The maximum Gasteiger partial charge on any atom is 0.239 e. The van der Waals surface area contributed by atoms with Crippen LogP contribution in [0.25, 0.3) is 0 Å². The number of likely N-dealkylation sites (N-methyl/N-ethyl adjacent to an activating group) is 1. The van der Waals surface area contributed by atoms with Crippen LogP contribution >= 0.6 is 0 Å². The third-order valence-corrected chi connectivity index (χ3v) is 4.27. The molecule has 0 radical (unpaired) electrons. The number of amides is 1.